The molecule has 10 heteroatoms. The fraction of sp³-hybridized carbons (Fsp3) is 0.632. The van der Waals surface area contributed by atoms with E-state index in [2.05, 4.69) is 29.4 Å². The average Bonchev–Trinajstić information content (AvgIpc) is 2.66. The van der Waals surface area contributed by atoms with Crippen molar-refractivity contribution in [2.45, 2.75) is 51.2 Å². The molecule has 0 spiro atoms. The lowest BCUT2D eigenvalue weighted by Gasteiger charge is -2.41. The number of amides is 1. The van der Waals surface area contributed by atoms with Gasteiger partial charge in [-0.3, -0.25) is 19.8 Å². The lowest BCUT2D eigenvalue weighted by atomic mass is 9.98. The summed E-state index contributed by atoms with van der Waals surface area (Å²) in [6, 6.07) is 2.28. The molecule has 1 heterocycles. The van der Waals surface area contributed by atoms with E-state index in [0.717, 1.165) is 38.1 Å². The second-order valence-electron chi connectivity index (χ2n) is 7.80. The Morgan fingerprint density at radius 2 is 1.86 bits per heavy atom. The van der Waals surface area contributed by atoms with Crippen molar-refractivity contribution in [3.63, 3.8) is 0 Å². The summed E-state index contributed by atoms with van der Waals surface area (Å²) in [7, 11) is 0. The summed E-state index contributed by atoms with van der Waals surface area (Å²) in [5, 5.41) is 16.6. The fourth-order valence-corrected chi connectivity index (χ4v) is 3.33. The summed E-state index contributed by atoms with van der Waals surface area (Å²) >= 11 is 0. The summed E-state index contributed by atoms with van der Waals surface area (Å²) in [6.07, 6.45) is -1.10. The summed E-state index contributed by atoms with van der Waals surface area (Å²) in [4.78, 5) is 24.7. The van der Waals surface area contributed by atoms with Crippen LogP contribution in [-0.4, -0.2) is 47.4 Å². The molecular formula is C19H27F3N4O3. The van der Waals surface area contributed by atoms with E-state index < -0.39 is 22.4 Å². The highest BCUT2D eigenvalue weighted by Gasteiger charge is 2.33. The molecule has 2 rings (SSSR count). The molecule has 0 radical (unpaired) electrons. The Labute approximate surface area is 167 Å². The van der Waals surface area contributed by atoms with Crippen molar-refractivity contribution in [3.05, 3.63) is 33.9 Å². The Morgan fingerprint density at radius 1 is 1.21 bits per heavy atom. The standard InChI is InChI=1S/C19H27F3N4O3/c1-18(2,25-10-4-3-5-11-25)13-24-17(27)8-9-23-15-7-6-14(19(20,21)22)12-16(15)26(28)29/h6-7,12,23H,3-5,8-11,13H2,1-2H3,(H,24,27). The molecule has 1 aromatic rings. The van der Waals surface area contributed by atoms with Gasteiger partial charge in [-0.2, -0.15) is 13.2 Å². The Hall–Kier alpha value is -2.36. The number of anilines is 1. The normalized spacial score (nSPS) is 15.8. The lowest BCUT2D eigenvalue weighted by molar-refractivity contribution is -0.384. The van der Waals surface area contributed by atoms with Crippen molar-refractivity contribution in [1.82, 2.24) is 10.2 Å². The van der Waals surface area contributed by atoms with Crippen LogP contribution in [0.25, 0.3) is 0 Å². The van der Waals surface area contributed by atoms with Crippen LogP contribution < -0.4 is 10.6 Å². The van der Waals surface area contributed by atoms with E-state index in [4.69, 9.17) is 0 Å². The predicted molar refractivity (Wildman–Crippen MR) is 104 cm³/mol. The Balaban J connectivity index is 1.86. The van der Waals surface area contributed by atoms with Crippen molar-refractivity contribution in [2.24, 2.45) is 0 Å². The number of alkyl halides is 3. The molecule has 29 heavy (non-hydrogen) atoms. The van der Waals surface area contributed by atoms with Gasteiger partial charge in [-0.25, -0.2) is 0 Å². The van der Waals surface area contributed by atoms with Gasteiger partial charge < -0.3 is 10.6 Å². The van der Waals surface area contributed by atoms with Crippen molar-refractivity contribution in [2.75, 3.05) is 31.5 Å². The number of likely N-dealkylation sites (tertiary alicyclic amines) is 1. The zero-order chi connectivity index (χ0) is 21.7. The Morgan fingerprint density at radius 3 is 2.45 bits per heavy atom. The minimum absolute atomic E-state index is 0.0499. The van der Waals surface area contributed by atoms with Crippen LogP contribution in [0, 0.1) is 10.1 Å². The number of benzene rings is 1. The second-order valence-corrected chi connectivity index (χ2v) is 7.80. The number of hydrogen-bond donors (Lipinski definition) is 2. The van der Waals surface area contributed by atoms with Gasteiger partial charge in [0.25, 0.3) is 5.69 Å². The quantitative estimate of drug-likeness (QED) is 0.497. The maximum atomic E-state index is 12.7. The molecule has 0 bridgehead atoms. The highest BCUT2D eigenvalue weighted by Crippen LogP contribution is 2.34. The van der Waals surface area contributed by atoms with Crippen molar-refractivity contribution >= 4 is 17.3 Å². The number of nitro groups is 1. The number of halogens is 3. The number of hydrogen-bond acceptors (Lipinski definition) is 5. The van der Waals surface area contributed by atoms with Gasteiger partial charge in [-0.15, -0.1) is 0 Å². The van der Waals surface area contributed by atoms with E-state index in [1.807, 2.05) is 0 Å². The van der Waals surface area contributed by atoms with Crippen LogP contribution in [-0.2, 0) is 11.0 Å². The van der Waals surface area contributed by atoms with E-state index in [9.17, 15) is 28.1 Å². The highest BCUT2D eigenvalue weighted by atomic mass is 19.4. The number of carbonyl (C=O) groups excluding carboxylic acids is 1. The maximum absolute atomic E-state index is 12.7. The van der Waals surface area contributed by atoms with E-state index in [-0.39, 0.29) is 30.1 Å². The summed E-state index contributed by atoms with van der Waals surface area (Å²) in [5.74, 6) is -0.225. The minimum atomic E-state index is -4.66. The average molecular weight is 416 g/mol. The molecule has 2 N–H and O–H groups in total. The van der Waals surface area contributed by atoms with Gasteiger partial charge in [0, 0.05) is 31.1 Å². The van der Waals surface area contributed by atoms with Gasteiger partial charge in [-0.1, -0.05) is 6.42 Å². The first-order valence-corrected chi connectivity index (χ1v) is 9.62. The highest BCUT2D eigenvalue weighted by molar-refractivity contribution is 5.76. The molecule has 1 fully saturated rings. The molecule has 1 aliphatic heterocycles. The number of nitrogens with zero attached hydrogens (tertiary/aromatic N) is 2. The summed E-state index contributed by atoms with van der Waals surface area (Å²) in [5.41, 5.74) is -1.99. The number of nitrogens with one attached hydrogen (secondary N) is 2. The number of rotatable bonds is 8. The van der Waals surface area contributed by atoms with Crippen LogP contribution in [0.4, 0.5) is 24.5 Å². The van der Waals surface area contributed by atoms with Crippen molar-refractivity contribution in [1.29, 1.82) is 0 Å². The van der Waals surface area contributed by atoms with Gasteiger partial charge in [0.05, 0.1) is 10.5 Å². The largest absolute Gasteiger partial charge is 0.416 e. The molecule has 1 amide bonds. The summed E-state index contributed by atoms with van der Waals surface area (Å²) in [6.45, 7) is 6.70. The third-order valence-corrected chi connectivity index (χ3v) is 5.12. The molecule has 0 saturated carbocycles. The molecule has 1 saturated heterocycles. The van der Waals surface area contributed by atoms with E-state index in [1.54, 1.807) is 0 Å². The molecule has 0 unspecified atom stereocenters. The van der Waals surface area contributed by atoms with Crippen LogP contribution in [0.5, 0.6) is 0 Å². The van der Waals surface area contributed by atoms with E-state index in [0.29, 0.717) is 12.6 Å². The monoisotopic (exact) mass is 416 g/mol. The molecule has 162 valence electrons. The first-order chi connectivity index (χ1) is 13.5. The minimum Gasteiger partial charge on any atom is -0.379 e. The maximum Gasteiger partial charge on any atom is 0.416 e. The van der Waals surface area contributed by atoms with Crippen LogP contribution in [0.2, 0.25) is 0 Å². The number of nitro benzene ring substituents is 1. The molecule has 1 aliphatic rings. The topological polar surface area (TPSA) is 87.5 Å². The van der Waals surface area contributed by atoms with Gasteiger partial charge in [-0.05, 0) is 51.9 Å². The lowest BCUT2D eigenvalue weighted by Crippen LogP contribution is -2.53. The first-order valence-electron chi connectivity index (χ1n) is 9.62. The van der Waals surface area contributed by atoms with E-state index >= 15 is 0 Å². The van der Waals surface area contributed by atoms with Crippen LogP contribution in [0.3, 0.4) is 0 Å². The van der Waals surface area contributed by atoms with Crippen molar-refractivity contribution < 1.29 is 22.9 Å². The zero-order valence-electron chi connectivity index (χ0n) is 16.6. The SMILES string of the molecule is CC(C)(CNC(=O)CCNc1ccc(C(F)(F)F)cc1[N+](=O)[O-])N1CCCCC1. The van der Waals surface area contributed by atoms with Crippen molar-refractivity contribution in [3.8, 4) is 0 Å². The third kappa shape index (κ3) is 6.59. The first kappa shape index (κ1) is 22.9. The molecule has 1 aromatic carbocycles. The molecule has 0 aromatic heterocycles. The Bertz CT molecular complexity index is 732. The van der Waals surface area contributed by atoms with Crippen LogP contribution in [0.15, 0.2) is 18.2 Å². The predicted octanol–water partition coefficient (Wildman–Crippen LogP) is 3.80. The van der Waals surface area contributed by atoms with Gasteiger partial charge >= 0.3 is 6.18 Å². The number of carbonyl (C=O) groups is 1. The van der Waals surface area contributed by atoms with Gasteiger partial charge in [0.2, 0.25) is 5.91 Å². The van der Waals surface area contributed by atoms with Gasteiger partial charge in [0.15, 0.2) is 0 Å². The third-order valence-electron chi connectivity index (χ3n) is 5.12. The summed E-state index contributed by atoms with van der Waals surface area (Å²) < 4.78 is 38.2. The van der Waals surface area contributed by atoms with Crippen LogP contribution in [0.1, 0.15) is 45.1 Å². The molecule has 7 nitrogen and oxygen atoms in total. The zero-order valence-corrected chi connectivity index (χ0v) is 16.6. The second kappa shape index (κ2) is 9.43. The number of piperidine rings is 1. The molecule has 0 aliphatic carbocycles. The molecule has 0 atom stereocenters. The molecular weight excluding hydrogens is 389 g/mol. The Kier molecular flexibility index (Phi) is 7.45. The van der Waals surface area contributed by atoms with Gasteiger partial charge in [0.1, 0.15) is 5.69 Å². The fourth-order valence-electron chi connectivity index (χ4n) is 3.33. The smallest absolute Gasteiger partial charge is 0.379 e. The van der Waals surface area contributed by atoms with Crippen LogP contribution >= 0.6 is 0 Å². The van der Waals surface area contributed by atoms with E-state index in [1.165, 1.54) is 6.42 Å².